The Bertz CT molecular complexity index is 992. The predicted octanol–water partition coefficient (Wildman–Crippen LogP) is 3.58. The van der Waals surface area contributed by atoms with Crippen LogP contribution in [0.3, 0.4) is 0 Å². The van der Waals surface area contributed by atoms with Crippen molar-refractivity contribution in [3.05, 3.63) is 59.2 Å². The van der Waals surface area contributed by atoms with Crippen molar-refractivity contribution >= 4 is 28.4 Å². The van der Waals surface area contributed by atoms with Crippen molar-refractivity contribution in [3.63, 3.8) is 0 Å². The zero-order valence-electron chi connectivity index (χ0n) is 14.4. The number of nitrogens with zero attached hydrogens (tertiary/aromatic N) is 1. The summed E-state index contributed by atoms with van der Waals surface area (Å²) in [6.07, 6.45) is 0. The van der Waals surface area contributed by atoms with E-state index in [0.29, 0.717) is 5.56 Å². The van der Waals surface area contributed by atoms with Crippen molar-refractivity contribution in [2.45, 2.75) is 20.8 Å². The van der Waals surface area contributed by atoms with Gasteiger partial charge in [0.1, 0.15) is 0 Å². The molecule has 0 radical (unpaired) electrons. The van der Waals surface area contributed by atoms with E-state index in [1.165, 1.54) is 6.92 Å². The molecule has 2 amide bonds. The number of aromatic nitrogens is 1. The normalized spacial score (nSPS) is 10.7. The first-order chi connectivity index (χ1) is 11.8. The third-order valence-electron chi connectivity index (χ3n) is 4.10. The van der Waals surface area contributed by atoms with Gasteiger partial charge >= 0.3 is 0 Å². The number of pyridine rings is 1. The molecule has 5 nitrogen and oxygen atoms in total. The Morgan fingerprint density at radius 1 is 1.00 bits per heavy atom. The number of nitrogens with two attached hydrogens (primary N) is 1. The Labute approximate surface area is 145 Å². The molecule has 2 aromatic carbocycles. The highest BCUT2D eigenvalue weighted by atomic mass is 16.1. The molecule has 0 atom stereocenters. The van der Waals surface area contributed by atoms with E-state index in [4.69, 9.17) is 10.7 Å². The van der Waals surface area contributed by atoms with Crippen LogP contribution >= 0.6 is 0 Å². The molecule has 0 aliphatic carbocycles. The van der Waals surface area contributed by atoms with Gasteiger partial charge in [0.2, 0.25) is 11.8 Å². The second kappa shape index (κ2) is 6.36. The summed E-state index contributed by atoms with van der Waals surface area (Å²) < 4.78 is 0. The Balaban J connectivity index is 2.11. The summed E-state index contributed by atoms with van der Waals surface area (Å²) in [5, 5.41) is 3.82. The molecular formula is C20H19N3O2. The van der Waals surface area contributed by atoms with Crippen molar-refractivity contribution in [3.8, 4) is 11.3 Å². The Morgan fingerprint density at radius 3 is 2.28 bits per heavy atom. The van der Waals surface area contributed by atoms with Gasteiger partial charge in [-0.3, -0.25) is 9.59 Å². The standard InChI is InChI=1S/C20H19N3O2/c1-11-9-18(14-4-6-15(7-5-14)20(21)25)23-19-12(2)8-16(10-17(11)19)22-13(3)24/h4-10H,1-3H3,(H2,21,25)(H,22,24). The van der Waals surface area contributed by atoms with Gasteiger partial charge in [-0.05, 0) is 55.3 Å². The second-order valence-corrected chi connectivity index (χ2v) is 6.14. The fourth-order valence-corrected chi connectivity index (χ4v) is 2.89. The number of rotatable bonds is 3. The van der Waals surface area contributed by atoms with Crippen molar-refractivity contribution in [2.24, 2.45) is 5.73 Å². The van der Waals surface area contributed by atoms with Gasteiger partial charge in [0.05, 0.1) is 11.2 Å². The SMILES string of the molecule is CC(=O)Nc1cc(C)c2nc(-c3ccc(C(N)=O)cc3)cc(C)c2c1. The minimum absolute atomic E-state index is 0.101. The molecule has 0 unspecified atom stereocenters. The molecule has 3 N–H and O–H groups in total. The maximum Gasteiger partial charge on any atom is 0.248 e. The summed E-state index contributed by atoms with van der Waals surface area (Å²) >= 11 is 0. The van der Waals surface area contributed by atoms with Crippen LogP contribution in [0.1, 0.15) is 28.4 Å². The molecule has 5 heteroatoms. The summed E-state index contributed by atoms with van der Waals surface area (Å²) in [6, 6.07) is 12.9. The first-order valence-electron chi connectivity index (χ1n) is 7.95. The molecule has 3 aromatic rings. The van der Waals surface area contributed by atoms with Crippen molar-refractivity contribution < 1.29 is 9.59 Å². The first-order valence-corrected chi connectivity index (χ1v) is 7.95. The van der Waals surface area contributed by atoms with E-state index in [9.17, 15) is 9.59 Å². The minimum atomic E-state index is -0.449. The lowest BCUT2D eigenvalue weighted by Gasteiger charge is -2.12. The number of hydrogen-bond donors (Lipinski definition) is 2. The molecule has 1 aromatic heterocycles. The van der Waals surface area contributed by atoms with Crippen molar-refractivity contribution in [1.82, 2.24) is 4.98 Å². The fourth-order valence-electron chi connectivity index (χ4n) is 2.89. The molecule has 0 saturated heterocycles. The van der Waals surface area contributed by atoms with Crippen LogP contribution in [-0.4, -0.2) is 16.8 Å². The number of hydrogen-bond acceptors (Lipinski definition) is 3. The van der Waals surface area contributed by atoms with Crippen LogP contribution in [-0.2, 0) is 4.79 Å². The number of aryl methyl sites for hydroxylation is 2. The highest BCUT2D eigenvalue weighted by Crippen LogP contribution is 2.29. The van der Waals surface area contributed by atoms with Crippen LogP contribution < -0.4 is 11.1 Å². The van der Waals surface area contributed by atoms with Gasteiger partial charge in [0.15, 0.2) is 0 Å². The number of amides is 2. The largest absolute Gasteiger partial charge is 0.366 e. The highest BCUT2D eigenvalue weighted by Gasteiger charge is 2.10. The average molecular weight is 333 g/mol. The van der Waals surface area contributed by atoms with Gasteiger partial charge in [-0.15, -0.1) is 0 Å². The van der Waals surface area contributed by atoms with E-state index in [1.807, 2.05) is 44.2 Å². The third-order valence-corrected chi connectivity index (χ3v) is 4.10. The topological polar surface area (TPSA) is 85.1 Å². The van der Waals surface area contributed by atoms with E-state index >= 15 is 0 Å². The summed E-state index contributed by atoms with van der Waals surface area (Å²) in [4.78, 5) is 27.3. The first kappa shape index (κ1) is 16.6. The number of carbonyl (C=O) groups excluding carboxylic acids is 2. The number of anilines is 1. The smallest absolute Gasteiger partial charge is 0.248 e. The Morgan fingerprint density at radius 2 is 1.68 bits per heavy atom. The van der Waals surface area contributed by atoms with Gasteiger partial charge in [-0.25, -0.2) is 4.98 Å². The summed E-state index contributed by atoms with van der Waals surface area (Å²) in [6.45, 7) is 5.48. The van der Waals surface area contributed by atoms with Gasteiger partial charge < -0.3 is 11.1 Å². The highest BCUT2D eigenvalue weighted by molar-refractivity contribution is 5.96. The lowest BCUT2D eigenvalue weighted by Crippen LogP contribution is -2.10. The summed E-state index contributed by atoms with van der Waals surface area (Å²) in [5.41, 5.74) is 11.2. The number of carbonyl (C=O) groups is 2. The molecule has 0 bridgehead atoms. The quantitative estimate of drug-likeness (QED) is 0.768. The Kier molecular flexibility index (Phi) is 4.23. The van der Waals surface area contributed by atoms with Gasteiger partial charge in [-0.2, -0.15) is 0 Å². The zero-order valence-corrected chi connectivity index (χ0v) is 14.4. The van der Waals surface area contributed by atoms with E-state index in [0.717, 1.165) is 39.0 Å². The van der Waals surface area contributed by atoms with Crippen LogP contribution in [0, 0.1) is 13.8 Å². The molecule has 1 heterocycles. The van der Waals surface area contributed by atoms with E-state index < -0.39 is 5.91 Å². The zero-order chi connectivity index (χ0) is 18.1. The van der Waals surface area contributed by atoms with Crippen LogP contribution in [0.4, 0.5) is 5.69 Å². The number of fused-ring (bicyclic) bond motifs is 1. The average Bonchev–Trinajstić information content (AvgIpc) is 2.55. The van der Waals surface area contributed by atoms with E-state index in [1.54, 1.807) is 12.1 Å². The Hall–Kier alpha value is -3.21. The van der Waals surface area contributed by atoms with Crippen LogP contribution in [0.5, 0.6) is 0 Å². The fraction of sp³-hybridized carbons (Fsp3) is 0.150. The summed E-state index contributed by atoms with van der Waals surface area (Å²) in [7, 11) is 0. The van der Waals surface area contributed by atoms with Gasteiger partial charge in [-0.1, -0.05) is 12.1 Å². The monoisotopic (exact) mass is 333 g/mol. The van der Waals surface area contributed by atoms with E-state index in [-0.39, 0.29) is 5.91 Å². The van der Waals surface area contributed by atoms with Gasteiger partial charge in [0.25, 0.3) is 0 Å². The maximum absolute atomic E-state index is 11.3. The van der Waals surface area contributed by atoms with Gasteiger partial charge in [0, 0.05) is 29.1 Å². The van der Waals surface area contributed by atoms with Crippen LogP contribution in [0.25, 0.3) is 22.2 Å². The molecule has 0 fully saturated rings. The number of primary amides is 1. The lowest BCUT2D eigenvalue weighted by molar-refractivity contribution is -0.114. The minimum Gasteiger partial charge on any atom is -0.366 e. The lowest BCUT2D eigenvalue weighted by atomic mass is 10.0. The molecule has 126 valence electrons. The molecule has 0 aliphatic rings. The number of nitrogens with one attached hydrogen (secondary N) is 1. The molecule has 3 rings (SSSR count). The van der Waals surface area contributed by atoms with Crippen molar-refractivity contribution in [1.29, 1.82) is 0 Å². The van der Waals surface area contributed by atoms with Crippen LogP contribution in [0.15, 0.2) is 42.5 Å². The summed E-state index contributed by atoms with van der Waals surface area (Å²) in [5.74, 6) is -0.550. The van der Waals surface area contributed by atoms with E-state index in [2.05, 4.69) is 5.32 Å². The third kappa shape index (κ3) is 3.35. The second-order valence-electron chi connectivity index (χ2n) is 6.14. The molecule has 25 heavy (non-hydrogen) atoms. The molecule has 0 aliphatic heterocycles. The predicted molar refractivity (Wildman–Crippen MR) is 99.5 cm³/mol. The maximum atomic E-state index is 11.3. The van der Waals surface area contributed by atoms with Crippen molar-refractivity contribution in [2.75, 3.05) is 5.32 Å². The van der Waals surface area contributed by atoms with Crippen LogP contribution in [0.2, 0.25) is 0 Å². The molecular weight excluding hydrogens is 314 g/mol. The molecule has 0 saturated carbocycles. The number of benzene rings is 2. The molecule has 0 spiro atoms.